The normalized spacial score (nSPS) is 21.8. The van der Waals surface area contributed by atoms with Crippen LogP contribution in [0.25, 0.3) is 0 Å². The van der Waals surface area contributed by atoms with E-state index in [4.69, 9.17) is 4.74 Å². The van der Waals surface area contributed by atoms with Crippen molar-refractivity contribution in [3.8, 4) is 5.75 Å². The highest BCUT2D eigenvalue weighted by Gasteiger charge is 2.29. The lowest BCUT2D eigenvalue weighted by molar-refractivity contribution is 0.172. The summed E-state index contributed by atoms with van der Waals surface area (Å²) in [4.78, 5) is 0. The van der Waals surface area contributed by atoms with Crippen LogP contribution in [0.3, 0.4) is 0 Å². The Kier molecular flexibility index (Phi) is 3.49. The lowest BCUT2D eigenvalue weighted by Gasteiger charge is -2.30. The van der Waals surface area contributed by atoms with Crippen molar-refractivity contribution in [1.29, 1.82) is 0 Å². The van der Waals surface area contributed by atoms with E-state index in [-0.39, 0.29) is 5.25 Å². The zero-order chi connectivity index (χ0) is 13.2. The second-order valence-electron chi connectivity index (χ2n) is 4.65. The van der Waals surface area contributed by atoms with Crippen molar-refractivity contribution in [2.45, 2.75) is 17.1 Å². The van der Waals surface area contributed by atoms with Crippen LogP contribution in [0.4, 0.5) is 0 Å². The van der Waals surface area contributed by atoms with Crippen LogP contribution in [-0.2, 0) is 5.75 Å². The summed E-state index contributed by atoms with van der Waals surface area (Å²) in [5.41, 5.74) is 3.37. The smallest absolute Gasteiger partial charge is 0.119 e. The largest absolute Gasteiger partial charge is 0.497 e. The van der Waals surface area contributed by atoms with Crippen LogP contribution in [0.2, 0.25) is 0 Å². The van der Waals surface area contributed by atoms with Gasteiger partial charge in [-0.25, -0.2) is 0 Å². The highest BCUT2D eigenvalue weighted by molar-refractivity contribution is 7.98. The minimum atomic E-state index is -0.480. The van der Waals surface area contributed by atoms with E-state index in [9.17, 15) is 5.11 Å². The van der Waals surface area contributed by atoms with Crippen molar-refractivity contribution in [2.75, 3.05) is 7.11 Å². The first-order valence-corrected chi connectivity index (χ1v) is 7.36. The number of hydrogen-bond acceptors (Lipinski definition) is 3. The summed E-state index contributed by atoms with van der Waals surface area (Å²) >= 11 is 1.79. The predicted octanol–water partition coefficient (Wildman–Crippen LogP) is 3.72. The monoisotopic (exact) mass is 272 g/mol. The van der Waals surface area contributed by atoms with Gasteiger partial charge in [0.15, 0.2) is 0 Å². The fourth-order valence-electron chi connectivity index (χ4n) is 2.46. The molecule has 0 spiro atoms. The Morgan fingerprint density at radius 3 is 2.68 bits per heavy atom. The third-order valence-electron chi connectivity index (χ3n) is 3.50. The van der Waals surface area contributed by atoms with Crippen molar-refractivity contribution < 1.29 is 9.84 Å². The van der Waals surface area contributed by atoms with Crippen LogP contribution in [-0.4, -0.2) is 12.2 Å². The highest BCUT2D eigenvalue weighted by atomic mass is 32.2. The molecule has 98 valence electrons. The molecule has 2 aromatic carbocycles. The summed E-state index contributed by atoms with van der Waals surface area (Å²) in [6, 6.07) is 16.1. The third-order valence-corrected chi connectivity index (χ3v) is 4.87. The van der Waals surface area contributed by atoms with E-state index in [1.165, 1.54) is 11.1 Å². The van der Waals surface area contributed by atoms with Gasteiger partial charge in [-0.15, -0.1) is 11.8 Å². The molecular formula is C16H16O2S. The highest BCUT2D eigenvalue weighted by Crippen LogP contribution is 2.47. The van der Waals surface area contributed by atoms with E-state index in [1.807, 2.05) is 36.4 Å². The molecule has 2 unspecified atom stereocenters. The molecule has 0 saturated carbocycles. The topological polar surface area (TPSA) is 29.5 Å². The SMILES string of the molecule is COc1ccc2c(c1)C(O)C(c1ccccc1)SC2. The van der Waals surface area contributed by atoms with Crippen LogP contribution in [0, 0.1) is 0 Å². The van der Waals surface area contributed by atoms with Crippen molar-refractivity contribution >= 4 is 11.8 Å². The maximum absolute atomic E-state index is 10.6. The molecule has 1 aliphatic rings. The van der Waals surface area contributed by atoms with Gasteiger partial charge in [-0.3, -0.25) is 0 Å². The first-order valence-electron chi connectivity index (χ1n) is 6.31. The summed E-state index contributed by atoms with van der Waals surface area (Å²) < 4.78 is 5.25. The maximum atomic E-state index is 10.6. The van der Waals surface area contributed by atoms with Gasteiger partial charge in [0, 0.05) is 5.75 Å². The van der Waals surface area contributed by atoms with Crippen LogP contribution in [0.15, 0.2) is 48.5 Å². The first kappa shape index (κ1) is 12.6. The standard InChI is InChI=1S/C16H16O2S/c1-18-13-8-7-12-10-19-16(15(17)14(12)9-13)11-5-3-2-4-6-11/h2-9,15-17H,10H2,1H3. The number of methoxy groups -OCH3 is 1. The molecule has 1 aliphatic heterocycles. The Morgan fingerprint density at radius 2 is 1.95 bits per heavy atom. The van der Waals surface area contributed by atoms with Gasteiger partial charge in [0.1, 0.15) is 5.75 Å². The molecule has 0 aliphatic carbocycles. The van der Waals surface area contributed by atoms with E-state index >= 15 is 0 Å². The quantitative estimate of drug-likeness (QED) is 0.903. The van der Waals surface area contributed by atoms with Gasteiger partial charge in [-0.1, -0.05) is 36.4 Å². The number of aliphatic hydroxyl groups excluding tert-OH is 1. The lowest BCUT2D eigenvalue weighted by atomic mass is 9.96. The Labute approximate surface area is 117 Å². The average Bonchev–Trinajstić information content (AvgIpc) is 2.48. The number of aliphatic hydroxyl groups is 1. The molecule has 2 aromatic rings. The lowest BCUT2D eigenvalue weighted by Crippen LogP contribution is -2.15. The summed E-state index contributed by atoms with van der Waals surface area (Å²) in [5, 5.41) is 10.7. The molecule has 0 saturated heterocycles. The number of hydrogen-bond donors (Lipinski definition) is 1. The molecule has 3 heteroatoms. The van der Waals surface area contributed by atoms with Crippen molar-refractivity contribution in [1.82, 2.24) is 0 Å². The molecule has 1 heterocycles. The van der Waals surface area contributed by atoms with Gasteiger partial charge >= 0.3 is 0 Å². The van der Waals surface area contributed by atoms with E-state index in [2.05, 4.69) is 12.1 Å². The predicted molar refractivity (Wildman–Crippen MR) is 78.4 cm³/mol. The number of ether oxygens (including phenoxy) is 1. The summed E-state index contributed by atoms with van der Waals surface area (Å²) in [7, 11) is 1.65. The zero-order valence-electron chi connectivity index (χ0n) is 10.7. The Bertz CT molecular complexity index is 568. The van der Waals surface area contributed by atoms with Crippen LogP contribution >= 0.6 is 11.8 Å². The molecule has 19 heavy (non-hydrogen) atoms. The van der Waals surface area contributed by atoms with E-state index in [0.717, 1.165) is 17.1 Å². The molecule has 2 atom stereocenters. The maximum Gasteiger partial charge on any atom is 0.119 e. The number of rotatable bonds is 2. The molecule has 0 amide bonds. The van der Waals surface area contributed by atoms with Gasteiger partial charge in [0.25, 0.3) is 0 Å². The van der Waals surface area contributed by atoms with Gasteiger partial charge < -0.3 is 9.84 Å². The van der Waals surface area contributed by atoms with Crippen LogP contribution < -0.4 is 4.74 Å². The van der Waals surface area contributed by atoms with Crippen molar-refractivity contribution in [3.05, 3.63) is 65.2 Å². The van der Waals surface area contributed by atoms with Crippen molar-refractivity contribution in [3.63, 3.8) is 0 Å². The summed E-state index contributed by atoms with van der Waals surface area (Å²) in [6.07, 6.45) is -0.480. The fourth-order valence-corrected chi connectivity index (χ4v) is 3.76. The molecule has 0 aromatic heterocycles. The second-order valence-corrected chi connectivity index (χ2v) is 5.78. The van der Waals surface area contributed by atoms with Crippen molar-refractivity contribution in [2.24, 2.45) is 0 Å². The average molecular weight is 272 g/mol. The molecule has 0 fully saturated rings. The van der Waals surface area contributed by atoms with Crippen LogP contribution in [0.5, 0.6) is 5.75 Å². The molecule has 0 bridgehead atoms. The first-order chi connectivity index (χ1) is 9.29. The van der Waals surface area contributed by atoms with E-state index in [1.54, 1.807) is 18.9 Å². The van der Waals surface area contributed by atoms with E-state index in [0.29, 0.717) is 0 Å². The van der Waals surface area contributed by atoms with Gasteiger partial charge in [-0.05, 0) is 28.8 Å². The minimum absolute atomic E-state index is 0.0980. The van der Waals surface area contributed by atoms with Gasteiger partial charge in [-0.2, -0.15) is 0 Å². The zero-order valence-corrected chi connectivity index (χ0v) is 11.6. The minimum Gasteiger partial charge on any atom is -0.497 e. The van der Waals surface area contributed by atoms with Gasteiger partial charge in [0.05, 0.1) is 18.5 Å². The summed E-state index contributed by atoms with van der Waals surface area (Å²) in [6.45, 7) is 0. The van der Waals surface area contributed by atoms with Crippen LogP contribution in [0.1, 0.15) is 28.0 Å². The molecule has 3 rings (SSSR count). The Hall–Kier alpha value is -1.45. The second kappa shape index (κ2) is 5.27. The van der Waals surface area contributed by atoms with E-state index < -0.39 is 6.10 Å². The van der Waals surface area contributed by atoms with Gasteiger partial charge in [0.2, 0.25) is 0 Å². The third kappa shape index (κ3) is 2.36. The Balaban J connectivity index is 1.97. The molecule has 0 radical (unpaired) electrons. The fraction of sp³-hybridized carbons (Fsp3) is 0.250. The summed E-state index contributed by atoms with van der Waals surface area (Å²) in [5.74, 6) is 1.73. The number of benzene rings is 2. The number of fused-ring (bicyclic) bond motifs is 1. The number of thioether (sulfide) groups is 1. The Morgan fingerprint density at radius 1 is 1.16 bits per heavy atom. The molecule has 2 nitrogen and oxygen atoms in total. The molecular weight excluding hydrogens is 256 g/mol. The molecule has 1 N–H and O–H groups in total.